The number of hydrogen-bond donors (Lipinski definition) is 2. The minimum Gasteiger partial charge on any atom is -0.356 e. The number of aryl methyl sites for hydroxylation is 3. The summed E-state index contributed by atoms with van der Waals surface area (Å²) >= 11 is 5.50. The highest BCUT2D eigenvalue weighted by Gasteiger charge is 2.23. The fourth-order valence-corrected chi connectivity index (χ4v) is 3.99. The highest BCUT2D eigenvalue weighted by Crippen LogP contribution is 2.27. The smallest absolute Gasteiger partial charge is 0.227 e. The maximum Gasteiger partial charge on any atom is 0.227 e. The molecular formula is C22H27N3OS. The number of carbonyl (C=O) groups excluding carboxylic acids is 1. The van der Waals surface area contributed by atoms with Crippen molar-refractivity contribution in [3.8, 4) is 0 Å². The van der Waals surface area contributed by atoms with Gasteiger partial charge in [-0.1, -0.05) is 23.8 Å². The summed E-state index contributed by atoms with van der Waals surface area (Å²) in [7, 11) is 0. The topological polar surface area (TPSA) is 44.4 Å². The molecule has 1 saturated heterocycles. The lowest BCUT2D eigenvalue weighted by molar-refractivity contribution is -0.117. The Balaban J connectivity index is 1.65. The van der Waals surface area contributed by atoms with Crippen molar-refractivity contribution in [3.05, 3.63) is 58.7 Å². The van der Waals surface area contributed by atoms with Gasteiger partial charge in [-0.15, -0.1) is 0 Å². The molecule has 0 radical (unpaired) electrons. The van der Waals surface area contributed by atoms with Gasteiger partial charge < -0.3 is 15.5 Å². The van der Waals surface area contributed by atoms with Gasteiger partial charge in [-0.25, -0.2) is 0 Å². The number of thiocarbonyl (C=S) groups is 1. The summed E-state index contributed by atoms with van der Waals surface area (Å²) in [5.41, 5.74) is 6.74. The van der Waals surface area contributed by atoms with Gasteiger partial charge in [0.05, 0.1) is 6.04 Å². The van der Waals surface area contributed by atoms with Gasteiger partial charge in [-0.3, -0.25) is 4.79 Å². The number of nitrogens with one attached hydrogen (secondary N) is 2. The number of benzene rings is 2. The molecule has 142 valence electrons. The van der Waals surface area contributed by atoms with Gasteiger partial charge in [0.25, 0.3) is 0 Å². The van der Waals surface area contributed by atoms with Gasteiger partial charge >= 0.3 is 0 Å². The van der Waals surface area contributed by atoms with E-state index in [1.54, 1.807) is 0 Å². The molecule has 0 bridgehead atoms. The summed E-state index contributed by atoms with van der Waals surface area (Å²) in [6.45, 7) is 9.17. The third-order valence-corrected chi connectivity index (χ3v) is 5.28. The Morgan fingerprint density at radius 2 is 1.89 bits per heavy atom. The molecule has 1 heterocycles. The largest absolute Gasteiger partial charge is 0.356 e. The normalized spacial score (nSPS) is 15.0. The molecule has 27 heavy (non-hydrogen) atoms. The van der Waals surface area contributed by atoms with Crippen LogP contribution in [-0.4, -0.2) is 17.6 Å². The molecular weight excluding hydrogens is 354 g/mol. The summed E-state index contributed by atoms with van der Waals surface area (Å²) in [4.78, 5) is 13.8. The van der Waals surface area contributed by atoms with E-state index in [0.717, 1.165) is 29.9 Å². The van der Waals surface area contributed by atoms with E-state index >= 15 is 0 Å². The minimum absolute atomic E-state index is 0.119. The van der Waals surface area contributed by atoms with Gasteiger partial charge in [0.15, 0.2) is 5.11 Å². The number of nitrogens with zero attached hydrogens (tertiary/aromatic N) is 1. The molecule has 2 aromatic carbocycles. The van der Waals surface area contributed by atoms with Crippen molar-refractivity contribution >= 4 is 34.6 Å². The van der Waals surface area contributed by atoms with E-state index in [2.05, 4.69) is 49.6 Å². The Bertz CT molecular complexity index is 878. The van der Waals surface area contributed by atoms with Crippen molar-refractivity contribution in [2.45, 2.75) is 46.6 Å². The third kappa shape index (κ3) is 4.48. The van der Waals surface area contributed by atoms with E-state index in [-0.39, 0.29) is 11.9 Å². The van der Waals surface area contributed by atoms with E-state index in [9.17, 15) is 4.79 Å². The molecule has 1 aliphatic rings. The van der Waals surface area contributed by atoms with Crippen LogP contribution in [0.4, 0.5) is 11.4 Å². The first-order chi connectivity index (χ1) is 12.8. The van der Waals surface area contributed by atoms with Gasteiger partial charge in [-0.2, -0.15) is 0 Å². The van der Waals surface area contributed by atoms with Crippen LogP contribution in [0.3, 0.4) is 0 Å². The standard InChI is InChI=1S/C22H27N3OS/c1-14-7-9-19(15(2)12-14)17(4)23-22(27)24-18-8-10-20(16(3)13-18)25-11-5-6-21(25)26/h7-10,12-13,17H,5-6,11H2,1-4H3,(H2,23,24,27)/t17-/m1/s1. The molecule has 0 spiro atoms. The molecule has 0 unspecified atom stereocenters. The quantitative estimate of drug-likeness (QED) is 0.748. The third-order valence-electron chi connectivity index (χ3n) is 5.06. The van der Waals surface area contributed by atoms with Crippen LogP contribution in [-0.2, 0) is 4.79 Å². The summed E-state index contributed by atoms with van der Waals surface area (Å²) < 4.78 is 0. The summed E-state index contributed by atoms with van der Waals surface area (Å²) in [6.07, 6.45) is 1.58. The second-order valence-corrected chi connectivity index (χ2v) is 7.74. The summed E-state index contributed by atoms with van der Waals surface area (Å²) in [5.74, 6) is 0.207. The Hall–Kier alpha value is -2.40. The molecule has 3 rings (SSSR count). The zero-order chi connectivity index (χ0) is 19.6. The van der Waals surface area contributed by atoms with Gasteiger partial charge in [0, 0.05) is 24.3 Å². The molecule has 5 heteroatoms. The second kappa shape index (κ2) is 8.09. The number of anilines is 2. The van der Waals surface area contributed by atoms with Crippen molar-refractivity contribution in [2.24, 2.45) is 0 Å². The van der Waals surface area contributed by atoms with Gasteiger partial charge in [0.2, 0.25) is 5.91 Å². The molecule has 2 N–H and O–H groups in total. The lowest BCUT2D eigenvalue weighted by Crippen LogP contribution is -2.31. The highest BCUT2D eigenvalue weighted by atomic mass is 32.1. The predicted molar refractivity (Wildman–Crippen MR) is 116 cm³/mol. The van der Waals surface area contributed by atoms with Gasteiger partial charge in [-0.05, 0) is 81.2 Å². The number of amides is 1. The predicted octanol–water partition coefficient (Wildman–Crippen LogP) is 4.79. The van der Waals surface area contributed by atoms with Crippen LogP contribution in [0.5, 0.6) is 0 Å². The zero-order valence-corrected chi connectivity index (χ0v) is 17.2. The van der Waals surface area contributed by atoms with Crippen LogP contribution in [0, 0.1) is 20.8 Å². The van der Waals surface area contributed by atoms with Crippen molar-refractivity contribution in [1.82, 2.24) is 5.32 Å². The van der Waals surface area contributed by atoms with E-state index in [0.29, 0.717) is 11.5 Å². The molecule has 0 aromatic heterocycles. The average molecular weight is 382 g/mol. The van der Waals surface area contributed by atoms with E-state index in [1.165, 1.54) is 16.7 Å². The molecule has 1 amide bonds. The Morgan fingerprint density at radius 1 is 1.11 bits per heavy atom. The van der Waals surface area contributed by atoms with E-state index in [4.69, 9.17) is 12.2 Å². The monoisotopic (exact) mass is 381 g/mol. The van der Waals surface area contributed by atoms with E-state index in [1.807, 2.05) is 30.0 Å². The van der Waals surface area contributed by atoms with Crippen LogP contribution in [0.15, 0.2) is 36.4 Å². The Labute approximate surface area is 167 Å². The average Bonchev–Trinajstić information content (AvgIpc) is 3.00. The van der Waals surface area contributed by atoms with Crippen molar-refractivity contribution in [2.75, 3.05) is 16.8 Å². The lowest BCUT2D eigenvalue weighted by Gasteiger charge is -2.21. The number of rotatable bonds is 4. The van der Waals surface area contributed by atoms with Crippen LogP contribution in [0.1, 0.15) is 48.1 Å². The fourth-order valence-electron chi connectivity index (χ4n) is 3.69. The Kier molecular flexibility index (Phi) is 5.80. The Morgan fingerprint density at radius 3 is 2.52 bits per heavy atom. The van der Waals surface area contributed by atoms with Crippen LogP contribution in [0.2, 0.25) is 0 Å². The first kappa shape index (κ1) is 19.4. The molecule has 4 nitrogen and oxygen atoms in total. The second-order valence-electron chi connectivity index (χ2n) is 7.33. The van der Waals surface area contributed by atoms with Crippen molar-refractivity contribution in [1.29, 1.82) is 0 Å². The molecule has 0 saturated carbocycles. The summed E-state index contributed by atoms with van der Waals surface area (Å²) in [6, 6.07) is 12.6. The fraction of sp³-hybridized carbons (Fsp3) is 0.364. The van der Waals surface area contributed by atoms with Crippen LogP contribution in [0.25, 0.3) is 0 Å². The number of hydrogen-bond acceptors (Lipinski definition) is 2. The molecule has 1 atom stereocenters. The molecule has 1 aliphatic heterocycles. The van der Waals surface area contributed by atoms with Crippen LogP contribution < -0.4 is 15.5 Å². The first-order valence-corrected chi connectivity index (χ1v) is 9.81. The lowest BCUT2D eigenvalue weighted by atomic mass is 10.0. The minimum atomic E-state index is 0.119. The van der Waals surface area contributed by atoms with E-state index < -0.39 is 0 Å². The maximum absolute atomic E-state index is 12.0. The molecule has 2 aromatic rings. The first-order valence-electron chi connectivity index (χ1n) is 9.41. The maximum atomic E-state index is 12.0. The van der Waals surface area contributed by atoms with Crippen LogP contribution >= 0.6 is 12.2 Å². The molecule has 1 fully saturated rings. The SMILES string of the molecule is Cc1ccc([C@@H](C)NC(=S)Nc2ccc(N3CCCC3=O)c(C)c2)c(C)c1. The highest BCUT2D eigenvalue weighted by molar-refractivity contribution is 7.80. The molecule has 0 aliphatic carbocycles. The van der Waals surface area contributed by atoms with Crippen molar-refractivity contribution in [3.63, 3.8) is 0 Å². The zero-order valence-electron chi connectivity index (χ0n) is 16.4. The summed E-state index contributed by atoms with van der Waals surface area (Å²) in [5, 5.41) is 7.21. The van der Waals surface area contributed by atoms with Gasteiger partial charge in [0.1, 0.15) is 0 Å². The number of carbonyl (C=O) groups is 1. The van der Waals surface area contributed by atoms with Crippen molar-refractivity contribution < 1.29 is 4.79 Å².